The highest BCUT2D eigenvalue weighted by Crippen LogP contribution is 2.74. The highest BCUT2D eigenvalue weighted by Gasteiger charge is 2.70. The van der Waals surface area contributed by atoms with Crippen LogP contribution in [0.25, 0.3) is 0 Å². The fourth-order valence-electron chi connectivity index (χ4n) is 12.1. The predicted octanol–water partition coefficient (Wildman–Crippen LogP) is 8.42. The Bertz CT molecular complexity index is 1510. The highest BCUT2D eigenvalue weighted by atomic mass is 35.5. The van der Waals surface area contributed by atoms with Gasteiger partial charge in [-0.05, 0) is 117 Å². The maximum Gasteiger partial charge on any atom is 0.426 e. The van der Waals surface area contributed by atoms with E-state index in [1.165, 1.54) is 16.1 Å². The molecule has 0 bridgehead atoms. The second kappa shape index (κ2) is 11.6. The molecule has 0 aliphatic heterocycles. The van der Waals surface area contributed by atoms with Crippen LogP contribution in [0.4, 0.5) is 4.79 Å². The van der Waals surface area contributed by atoms with Crippen LogP contribution >= 0.6 is 11.6 Å². The predicted molar refractivity (Wildman–Crippen MR) is 186 cm³/mol. The highest BCUT2D eigenvalue weighted by molar-refractivity contribution is 6.18. The molecule has 5 aliphatic rings. The standard InChI is InChI=1S/C39H58ClN3O5/c1-23-11-15-39(22-43(29(45)13-18-40)42-33(46)47-34(3,4)5)17-16-38(10)31(30(39)24(23)2)26(44)19-28-36(8)20-25-21-41-48-32(25)35(6,7)27(36)12-14-37(28,38)9/h19,21,23-24,27,30-31H,11-18,20,22H2,1-10H3,(H,42,46)/t23-,24+,27+,30+,31-,36+,37-,38-,39-/m1/s1. The molecule has 0 spiro atoms. The number of fused-ring (bicyclic) bond motifs is 8. The van der Waals surface area contributed by atoms with E-state index in [0.29, 0.717) is 18.4 Å². The van der Waals surface area contributed by atoms with Gasteiger partial charge in [-0.25, -0.2) is 10.2 Å². The second-order valence-electron chi connectivity index (χ2n) is 18.6. The Morgan fingerprint density at radius 2 is 1.79 bits per heavy atom. The van der Waals surface area contributed by atoms with Crippen molar-refractivity contribution in [2.45, 2.75) is 132 Å². The molecule has 9 atom stereocenters. The third-order valence-corrected chi connectivity index (χ3v) is 14.8. The molecule has 6 rings (SSSR count). The topological polar surface area (TPSA) is 102 Å². The van der Waals surface area contributed by atoms with Crippen LogP contribution in [-0.2, 0) is 26.2 Å². The molecule has 1 aromatic heterocycles. The van der Waals surface area contributed by atoms with Crippen molar-refractivity contribution in [2.24, 2.45) is 51.2 Å². The van der Waals surface area contributed by atoms with Crippen molar-refractivity contribution in [1.82, 2.24) is 15.6 Å². The van der Waals surface area contributed by atoms with Crippen LogP contribution in [0.3, 0.4) is 0 Å². The zero-order chi connectivity index (χ0) is 35.2. The summed E-state index contributed by atoms with van der Waals surface area (Å²) in [7, 11) is 0. The van der Waals surface area contributed by atoms with Crippen LogP contribution in [0.1, 0.15) is 126 Å². The lowest BCUT2D eigenvalue weighted by Gasteiger charge is -2.70. The summed E-state index contributed by atoms with van der Waals surface area (Å²) in [5.74, 6) is 2.13. The number of nitrogens with zero attached hydrogens (tertiary/aromatic N) is 2. The minimum Gasteiger partial charge on any atom is -0.443 e. The van der Waals surface area contributed by atoms with Gasteiger partial charge < -0.3 is 9.26 Å². The first kappa shape index (κ1) is 35.5. The number of carbonyl (C=O) groups is 3. The van der Waals surface area contributed by atoms with Gasteiger partial charge in [0.05, 0.1) is 6.20 Å². The number of halogens is 1. The van der Waals surface area contributed by atoms with Gasteiger partial charge in [0.1, 0.15) is 11.4 Å². The van der Waals surface area contributed by atoms with Crippen LogP contribution < -0.4 is 5.43 Å². The Labute approximate surface area is 292 Å². The molecule has 8 nitrogen and oxygen atoms in total. The summed E-state index contributed by atoms with van der Waals surface area (Å²) in [5.41, 5.74) is 3.50. The van der Waals surface area contributed by atoms with Gasteiger partial charge in [0, 0.05) is 35.7 Å². The van der Waals surface area contributed by atoms with E-state index >= 15 is 4.79 Å². The number of aromatic nitrogens is 1. The zero-order valence-corrected chi connectivity index (χ0v) is 31.7. The van der Waals surface area contributed by atoms with Gasteiger partial charge in [-0.3, -0.25) is 14.6 Å². The van der Waals surface area contributed by atoms with E-state index in [1.807, 2.05) is 27.0 Å². The van der Waals surface area contributed by atoms with Gasteiger partial charge >= 0.3 is 6.09 Å². The van der Waals surface area contributed by atoms with Crippen LogP contribution in [0.5, 0.6) is 0 Å². The third kappa shape index (κ3) is 5.19. The van der Waals surface area contributed by atoms with Gasteiger partial charge in [0.15, 0.2) is 5.78 Å². The second-order valence-corrected chi connectivity index (χ2v) is 18.9. The number of nitrogens with one attached hydrogen (secondary N) is 1. The summed E-state index contributed by atoms with van der Waals surface area (Å²) in [6.45, 7) is 22.3. The maximum absolute atomic E-state index is 15.0. The van der Waals surface area contributed by atoms with E-state index in [2.05, 4.69) is 65.1 Å². The average molecular weight is 684 g/mol. The van der Waals surface area contributed by atoms with Gasteiger partial charge in [-0.2, -0.15) is 0 Å². The molecule has 9 heteroatoms. The van der Waals surface area contributed by atoms with Crippen molar-refractivity contribution in [3.63, 3.8) is 0 Å². The quantitative estimate of drug-likeness (QED) is 0.253. The van der Waals surface area contributed by atoms with Crippen molar-refractivity contribution in [2.75, 3.05) is 12.4 Å². The molecule has 1 aromatic rings. The summed E-state index contributed by atoms with van der Waals surface area (Å²) in [4.78, 5) is 41.6. The molecule has 1 heterocycles. The van der Waals surface area contributed by atoms with Gasteiger partial charge in [0.25, 0.3) is 0 Å². The number of rotatable bonds is 4. The van der Waals surface area contributed by atoms with Gasteiger partial charge in [0.2, 0.25) is 5.91 Å². The molecule has 266 valence electrons. The Balaban J connectivity index is 1.42. The van der Waals surface area contributed by atoms with Crippen LogP contribution in [0.15, 0.2) is 22.4 Å². The largest absolute Gasteiger partial charge is 0.443 e. The third-order valence-electron chi connectivity index (χ3n) is 14.6. The number of ketones is 1. The monoisotopic (exact) mass is 683 g/mol. The minimum atomic E-state index is -0.708. The fraction of sp³-hybridized carbons (Fsp3) is 0.795. The fourth-order valence-corrected chi connectivity index (χ4v) is 12.2. The minimum absolute atomic E-state index is 0.0619. The van der Waals surface area contributed by atoms with E-state index in [1.54, 1.807) is 0 Å². The molecule has 0 aromatic carbocycles. The Kier molecular flexibility index (Phi) is 8.57. The molecule has 2 amide bonds. The SMILES string of the molecule is C[C@@H]1[C@H]2[C@H]3C(=O)C=C4[C@@]5(C)Cc6cnoc6C(C)(C)[C@@H]5CC[C@@]4(C)[C@]3(C)CC[C@@]2(CN(NC(=O)OC(C)(C)C)C(=O)CCCl)CC[C@H]1C. The van der Waals surface area contributed by atoms with Crippen molar-refractivity contribution in [1.29, 1.82) is 0 Å². The first-order valence-electron chi connectivity index (χ1n) is 18.3. The molecule has 5 aliphatic carbocycles. The van der Waals surface area contributed by atoms with E-state index in [0.717, 1.165) is 50.7 Å². The lowest BCUT2D eigenvalue weighted by molar-refractivity contribution is -0.183. The number of hydrogen-bond donors (Lipinski definition) is 1. The van der Waals surface area contributed by atoms with Gasteiger partial charge in [-0.1, -0.05) is 59.2 Å². The molecule has 0 unspecified atom stereocenters. The molecule has 1 N–H and O–H groups in total. The smallest absolute Gasteiger partial charge is 0.426 e. The van der Waals surface area contributed by atoms with Gasteiger partial charge in [-0.15, -0.1) is 11.6 Å². The molecule has 0 saturated heterocycles. The number of ether oxygens (including phenoxy) is 1. The van der Waals surface area contributed by atoms with Crippen molar-refractivity contribution < 1.29 is 23.6 Å². The van der Waals surface area contributed by atoms with E-state index < -0.39 is 11.7 Å². The Morgan fingerprint density at radius 3 is 2.46 bits per heavy atom. The molecule has 3 saturated carbocycles. The number of hydrogen-bond acceptors (Lipinski definition) is 6. The summed E-state index contributed by atoms with van der Waals surface area (Å²) in [5, 5.41) is 5.69. The number of allylic oxidation sites excluding steroid dienone is 2. The van der Waals surface area contributed by atoms with Crippen LogP contribution in [0, 0.1) is 51.2 Å². The normalized spacial score (nSPS) is 39.9. The van der Waals surface area contributed by atoms with Crippen molar-refractivity contribution >= 4 is 29.4 Å². The molecular formula is C39H58ClN3O5. The van der Waals surface area contributed by atoms with E-state index in [4.69, 9.17) is 20.9 Å². The van der Waals surface area contributed by atoms with Crippen LogP contribution in [0.2, 0.25) is 0 Å². The number of hydrazine groups is 1. The van der Waals surface area contributed by atoms with Crippen molar-refractivity contribution in [3.05, 3.63) is 29.2 Å². The number of alkyl halides is 1. The summed E-state index contributed by atoms with van der Waals surface area (Å²) in [6, 6.07) is 0. The summed E-state index contributed by atoms with van der Waals surface area (Å²) < 4.78 is 11.4. The van der Waals surface area contributed by atoms with Crippen molar-refractivity contribution in [3.8, 4) is 0 Å². The Hall–Kier alpha value is -2.35. The Morgan fingerprint density at radius 1 is 1.08 bits per heavy atom. The van der Waals surface area contributed by atoms with E-state index in [-0.39, 0.29) is 68.8 Å². The van der Waals surface area contributed by atoms with E-state index in [9.17, 15) is 9.59 Å². The zero-order valence-electron chi connectivity index (χ0n) is 30.9. The summed E-state index contributed by atoms with van der Waals surface area (Å²) in [6.07, 6.45) is 10.1. The summed E-state index contributed by atoms with van der Waals surface area (Å²) >= 11 is 6.06. The number of carbonyl (C=O) groups excluding carboxylic acids is 3. The lowest BCUT2D eigenvalue weighted by Crippen LogP contribution is -2.67. The molecule has 48 heavy (non-hydrogen) atoms. The average Bonchev–Trinajstić information content (AvgIpc) is 3.45. The lowest BCUT2D eigenvalue weighted by atomic mass is 9.33. The number of amides is 2. The molecular weight excluding hydrogens is 626 g/mol. The first-order chi connectivity index (χ1) is 22.2. The molecule has 0 radical (unpaired) electrons. The maximum atomic E-state index is 15.0. The first-order valence-corrected chi connectivity index (χ1v) is 18.8. The van der Waals surface area contributed by atoms with Crippen LogP contribution in [-0.4, -0.2) is 46.0 Å². The molecule has 3 fully saturated rings.